The number of hydrogen-bond donors (Lipinski definition) is 2. The summed E-state index contributed by atoms with van der Waals surface area (Å²) < 4.78 is 0. The van der Waals surface area contributed by atoms with Crippen LogP contribution in [0.1, 0.15) is 6.42 Å². The highest BCUT2D eigenvalue weighted by Gasteiger charge is 1.63. The second-order valence-electron chi connectivity index (χ2n) is 0.860. The Hall–Kier alpha value is -0.680. The van der Waals surface area contributed by atoms with E-state index in [1.807, 2.05) is 0 Å². The zero-order valence-electron chi connectivity index (χ0n) is 3.57. The van der Waals surface area contributed by atoms with E-state index in [9.17, 15) is 0 Å². The average Bonchev–Trinajstić information content (AvgIpc) is 1.61. The van der Waals surface area contributed by atoms with Gasteiger partial charge in [0.2, 0.25) is 0 Å². The summed E-state index contributed by atoms with van der Waals surface area (Å²) in [5.41, 5.74) is 9.85. The monoisotopic (exact) mass is 84.1 g/mol. The van der Waals surface area contributed by atoms with E-state index in [-0.39, 0.29) is 0 Å². The topological polar surface area (TPSA) is 52.0 Å². The van der Waals surface area contributed by atoms with E-state index in [1.165, 1.54) is 0 Å². The Labute approximate surface area is 37.5 Å². The SMILES string of the molecule is NC#CCCN. The third-order valence-corrected chi connectivity index (χ3v) is 0.371. The minimum absolute atomic E-state index is 0.601. The van der Waals surface area contributed by atoms with Crippen molar-refractivity contribution in [2.75, 3.05) is 6.54 Å². The highest BCUT2D eigenvalue weighted by atomic mass is 14.5. The second kappa shape index (κ2) is 4.32. The van der Waals surface area contributed by atoms with Crippen molar-refractivity contribution in [1.82, 2.24) is 0 Å². The molecule has 0 heterocycles. The standard InChI is InChI=1S/C4H8N2/c5-3-1-2-4-6/h1,3,5-6H2. The quantitative estimate of drug-likeness (QED) is 0.324. The fraction of sp³-hybridized carbons (Fsp3) is 0.500. The van der Waals surface area contributed by atoms with E-state index >= 15 is 0 Å². The first-order chi connectivity index (χ1) is 2.91. The van der Waals surface area contributed by atoms with Crippen molar-refractivity contribution >= 4 is 0 Å². The summed E-state index contributed by atoms with van der Waals surface area (Å²) in [6.07, 6.45) is 0.705. The van der Waals surface area contributed by atoms with Gasteiger partial charge in [0.1, 0.15) is 0 Å². The molecule has 0 amide bonds. The van der Waals surface area contributed by atoms with Crippen molar-refractivity contribution in [2.24, 2.45) is 11.5 Å². The molecule has 0 rings (SSSR count). The number of nitrogens with two attached hydrogens (primary N) is 2. The van der Waals surface area contributed by atoms with Crippen molar-refractivity contribution in [3.8, 4) is 12.0 Å². The molecule has 34 valence electrons. The van der Waals surface area contributed by atoms with E-state index in [1.54, 1.807) is 0 Å². The van der Waals surface area contributed by atoms with E-state index in [2.05, 4.69) is 12.0 Å². The molecule has 0 unspecified atom stereocenters. The molecule has 0 aliphatic carbocycles. The Morgan fingerprint density at radius 3 is 2.33 bits per heavy atom. The Morgan fingerprint density at radius 1 is 1.50 bits per heavy atom. The molecule has 0 fully saturated rings. The van der Waals surface area contributed by atoms with Crippen LogP contribution in [0.4, 0.5) is 0 Å². The first kappa shape index (κ1) is 5.32. The summed E-state index contributed by atoms with van der Waals surface area (Å²) >= 11 is 0. The van der Waals surface area contributed by atoms with Crippen molar-refractivity contribution in [1.29, 1.82) is 0 Å². The molecule has 2 heteroatoms. The van der Waals surface area contributed by atoms with Crippen LogP contribution in [0, 0.1) is 12.0 Å². The highest BCUT2D eigenvalue weighted by Crippen LogP contribution is 1.60. The van der Waals surface area contributed by atoms with Gasteiger partial charge in [-0.15, -0.1) is 0 Å². The maximum Gasteiger partial charge on any atom is 0.0230 e. The first-order valence-corrected chi connectivity index (χ1v) is 1.80. The van der Waals surface area contributed by atoms with Gasteiger partial charge in [-0.1, -0.05) is 5.92 Å². The van der Waals surface area contributed by atoms with E-state index < -0.39 is 0 Å². The second-order valence-corrected chi connectivity index (χ2v) is 0.860. The molecular formula is C4H8N2. The molecule has 0 aliphatic rings. The zero-order chi connectivity index (χ0) is 4.83. The van der Waals surface area contributed by atoms with Crippen LogP contribution in [0.3, 0.4) is 0 Å². The summed E-state index contributed by atoms with van der Waals surface area (Å²) in [6, 6.07) is 2.24. The Balaban J connectivity index is 2.79. The summed E-state index contributed by atoms with van der Waals surface area (Å²) in [7, 11) is 0. The van der Waals surface area contributed by atoms with Crippen molar-refractivity contribution < 1.29 is 0 Å². The van der Waals surface area contributed by atoms with Crippen LogP contribution < -0.4 is 11.5 Å². The van der Waals surface area contributed by atoms with Gasteiger partial charge in [0.15, 0.2) is 0 Å². The smallest absolute Gasteiger partial charge is 0.0230 e. The Kier molecular flexibility index (Phi) is 3.83. The van der Waals surface area contributed by atoms with Gasteiger partial charge >= 0.3 is 0 Å². The fourth-order valence-electron chi connectivity index (χ4n) is 0.144. The van der Waals surface area contributed by atoms with Crippen LogP contribution in [0.5, 0.6) is 0 Å². The molecule has 0 aromatic carbocycles. The average molecular weight is 84.1 g/mol. The lowest BCUT2D eigenvalue weighted by molar-refractivity contribution is 1.03. The lowest BCUT2D eigenvalue weighted by Crippen LogP contribution is -1.95. The molecule has 0 saturated carbocycles. The van der Waals surface area contributed by atoms with Gasteiger partial charge in [0, 0.05) is 19.0 Å². The third kappa shape index (κ3) is 3.32. The molecule has 0 atom stereocenters. The molecule has 0 aromatic heterocycles. The van der Waals surface area contributed by atoms with E-state index in [4.69, 9.17) is 11.5 Å². The van der Waals surface area contributed by atoms with E-state index in [0.29, 0.717) is 13.0 Å². The lowest BCUT2D eigenvalue weighted by Gasteiger charge is -1.73. The molecule has 2 nitrogen and oxygen atoms in total. The highest BCUT2D eigenvalue weighted by molar-refractivity contribution is 4.93. The van der Waals surface area contributed by atoms with Crippen LogP contribution in [0.25, 0.3) is 0 Å². The fourth-order valence-corrected chi connectivity index (χ4v) is 0.144. The largest absolute Gasteiger partial charge is 0.359 e. The molecule has 6 heavy (non-hydrogen) atoms. The minimum Gasteiger partial charge on any atom is -0.359 e. The summed E-state index contributed by atoms with van der Waals surface area (Å²) in [5, 5.41) is 0. The van der Waals surface area contributed by atoms with Gasteiger partial charge in [-0.2, -0.15) is 0 Å². The Morgan fingerprint density at radius 2 is 2.17 bits per heavy atom. The van der Waals surface area contributed by atoms with Crippen LogP contribution in [-0.2, 0) is 0 Å². The first-order valence-electron chi connectivity index (χ1n) is 1.80. The molecule has 0 saturated heterocycles. The molecule has 4 N–H and O–H groups in total. The summed E-state index contributed by atoms with van der Waals surface area (Å²) in [4.78, 5) is 0. The van der Waals surface area contributed by atoms with Gasteiger partial charge in [-0.3, -0.25) is 0 Å². The minimum atomic E-state index is 0.601. The third-order valence-electron chi connectivity index (χ3n) is 0.371. The van der Waals surface area contributed by atoms with Crippen LogP contribution in [0.15, 0.2) is 0 Å². The lowest BCUT2D eigenvalue weighted by atomic mass is 10.5. The van der Waals surface area contributed by atoms with Gasteiger partial charge in [0.05, 0.1) is 0 Å². The van der Waals surface area contributed by atoms with Crippen LogP contribution in [0.2, 0.25) is 0 Å². The van der Waals surface area contributed by atoms with Crippen molar-refractivity contribution in [2.45, 2.75) is 6.42 Å². The van der Waals surface area contributed by atoms with Crippen molar-refractivity contribution in [3.05, 3.63) is 0 Å². The normalized spacial score (nSPS) is 6.17. The predicted octanol–water partition coefficient (Wildman–Crippen LogP) is -0.745. The maximum absolute atomic E-state index is 5.06. The molecule has 0 spiro atoms. The summed E-state index contributed by atoms with van der Waals surface area (Å²) in [6.45, 7) is 0.601. The summed E-state index contributed by atoms with van der Waals surface area (Å²) in [5.74, 6) is 2.60. The molecule has 0 aromatic rings. The maximum atomic E-state index is 5.06. The molecule has 0 aliphatic heterocycles. The van der Waals surface area contributed by atoms with Gasteiger partial charge < -0.3 is 11.5 Å². The molecule has 0 bridgehead atoms. The Bertz CT molecular complexity index is 67.4. The zero-order valence-corrected chi connectivity index (χ0v) is 3.57. The number of rotatable bonds is 1. The predicted molar refractivity (Wildman–Crippen MR) is 25.6 cm³/mol. The molecular weight excluding hydrogens is 76.1 g/mol. The molecule has 0 radical (unpaired) electrons. The van der Waals surface area contributed by atoms with Gasteiger partial charge in [-0.05, 0) is 0 Å². The number of hydrogen-bond acceptors (Lipinski definition) is 2. The van der Waals surface area contributed by atoms with Crippen LogP contribution in [-0.4, -0.2) is 6.54 Å². The van der Waals surface area contributed by atoms with Gasteiger partial charge in [-0.25, -0.2) is 0 Å². The van der Waals surface area contributed by atoms with Crippen LogP contribution >= 0.6 is 0 Å². The van der Waals surface area contributed by atoms with Crippen molar-refractivity contribution in [3.63, 3.8) is 0 Å². The van der Waals surface area contributed by atoms with E-state index in [0.717, 1.165) is 0 Å². The van der Waals surface area contributed by atoms with Gasteiger partial charge in [0.25, 0.3) is 0 Å².